The van der Waals surface area contributed by atoms with Gasteiger partial charge in [-0.15, -0.1) is 0 Å². The maximum absolute atomic E-state index is 12.9. The van der Waals surface area contributed by atoms with E-state index in [0.29, 0.717) is 24.9 Å². The molecule has 5 rings (SSSR count). The first kappa shape index (κ1) is 18.8. The van der Waals surface area contributed by atoms with Crippen LogP contribution in [0.25, 0.3) is 10.2 Å². The van der Waals surface area contributed by atoms with Gasteiger partial charge < -0.3 is 9.64 Å². The van der Waals surface area contributed by atoms with Gasteiger partial charge in [0.1, 0.15) is 11.3 Å². The maximum Gasteiger partial charge on any atom is 0.218 e. The van der Waals surface area contributed by atoms with E-state index in [1.807, 2.05) is 42.5 Å². The second kappa shape index (κ2) is 7.27. The number of aromatic nitrogens is 1. The molecule has 0 amide bonds. The van der Waals surface area contributed by atoms with Crippen molar-refractivity contribution in [2.24, 2.45) is 11.8 Å². The van der Waals surface area contributed by atoms with Crippen molar-refractivity contribution in [3.8, 4) is 5.75 Å². The number of methoxy groups -OCH3 is 1. The summed E-state index contributed by atoms with van der Waals surface area (Å²) in [6.45, 7) is 2.91. The lowest BCUT2D eigenvalue weighted by atomic mass is 10.0. The number of rotatable bonds is 5. The summed E-state index contributed by atoms with van der Waals surface area (Å²) < 4.78 is 34.0. The van der Waals surface area contributed by atoms with Gasteiger partial charge in [0.05, 0.1) is 17.6 Å². The van der Waals surface area contributed by atoms with Crippen LogP contribution in [0.5, 0.6) is 5.75 Å². The molecule has 2 aliphatic heterocycles. The average Bonchev–Trinajstić information content (AvgIpc) is 3.40. The number of hydrogen-bond acceptors (Lipinski definition) is 6. The van der Waals surface area contributed by atoms with E-state index in [0.717, 1.165) is 39.8 Å². The number of benzene rings is 2. The molecule has 6 nitrogen and oxygen atoms in total. The molecule has 2 atom stereocenters. The van der Waals surface area contributed by atoms with E-state index in [1.54, 1.807) is 22.8 Å². The SMILES string of the molecule is COc1cccc2sc(N3CC4CN(S(=O)(=O)Cc5ccccc5)CC4C3)nc12. The van der Waals surface area contributed by atoms with Crippen LogP contribution in [-0.2, 0) is 15.8 Å². The fourth-order valence-corrected chi connectivity index (χ4v) is 7.06. The molecule has 3 aromatic rings. The number of para-hydroxylation sites is 1. The van der Waals surface area contributed by atoms with E-state index >= 15 is 0 Å². The van der Waals surface area contributed by atoms with Gasteiger partial charge >= 0.3 is 0 Å². The molecule has 2 fully saturated rings. The standard InChI is InChI=1S/C21H23N3O3S2/c1-27-18-8-5-9-19-20(18)22-21(28-19)23-10-16-12-24(13-17(16)11-23)29(25,26)14-15-6-3-2-4-7-15/h2-9,16-17H,10-14H2,1H3. The average molecular weight is 430 g/mol. The zero-order chi connectivity index (χ0) is 20.0. The second-order valence-electron chi connectivity index (χ2n) is 7.79. The van der Waals surface area contributed by atoms with Crippen molar-refractivity contribution < 1.29 is 13.2 Å². The Kier molecular flexibility index (Phi) is 4.72. The predicted octanol–water partition coefficient (Wildman–Crippen LogP) is 3.20. The lowest BCUT2D eigenvalue weighted by Crippen LogP contribution is -2.34. The van der Waals surface area contributed by atoms with Crippen LogP contribution in [0.15, 0.2) is 48.5 Å². The number of thiazole rings is 1. The summed E-state index contributed by atoms with van der Waals surface area (Å²) in [7, 11) is -1.62. The van der Waals surface area contributed by atoms with Crippen LogP contribution in [-0.4, -0.2) is 51.0 Å². The summed E-state index contributed by atoms with van der Waals surface area (Å²) in [4.78, 5) is 7.11. The Bertz CT molecular complexity index is 1120. The Morgan fingerprint density at radius 2 is 1.76 bits per heavy atom. The zero-order valence-corrected chi connectivity index (χ0v) is 17.8. The van der Waals surface area contributed by atoms with Crippen LogP contribution in [0.4, 0.5) is 5.13 Å². The third-order valence-corrected chi connectivity index (χ3v) is 8.76. The normalized spacial score (nSPS) is 22.3. The molecule has 0 radical (unpaired) electrons. The molecule has 0 aliphatic carbocycles. The molecule has 1 aromatic heterocycles. The van der Waals surface area contributed by atoms with Crippen molar-refractivity contribution in [2.75, 3.05) is 38.2 Å². The molecule has 8 heteroatoms. The lowest BCUT2D eigenvalue weighted by Gasteiger charge is -2.21. The van der Waals surface area contributed by atoms with Crippen molar-refractivity contribution in [3.05, 3.63) is 54.1 Å². The summed E-state index contributed by atoms with van der Waals surface area (Å²) in [5.74, 6) is 1.58. The minimum Gasteiger partial charge on any atom is -0.494 e. The topological polar surface area (TPSA) is 62.7 Å². The van der Waals surface area contributed by atoms with Gasteiger partial charge in [-0.05, 0) is 29.5 Å². The smallest absolute Gasteiger partial charge is 0.218 e. The number of sulfonamides is 1. The quantitative estimate of drug-likeness (QED) is 0.623. The summed E-state index contributed by atoms with van der Waals surface area (Å²) in [5, 5.41) is 0.998. The Labute approximate surface area is 174 Å². The molecule has 2 unspecified atom stereocenters. The number of hydrogen-bond donors (Lipinski definition) is 0. The fourth-order valence-electron chi connectivity index (χ4n) is 4.42. The fraction of sp³-hybridized carbons (Fsp3) is 0.381. The molecule has 152 valence electrons. The van der Waals surface area contributed by atoms with Crippen LogP contribution in [0, 0.1) is 11.8 Å². The lowest BCUT2D eigenvalue weighted by molar-refractivity contribution is 0.419. The van der Waals surface area contributed by atoms with Gasteiger partial charge in [0.25, 0.3) is 0 Å². The summed E-state index contributed by atoms with van der Waals surface area (Å²) in [6, 6.07) is 15.4. The number of fused-ring (bicyclic) bond motifs is 2. The molecule has 2 saturated heterocycles. The number of ether oxygens (including phenoxy) is 1. The molecule has 29 heavy (non-hydrogen) atoms. The van der Waals surface area contributed by atoms with Gasteiger partial charge in [0, 0.05) is 26.2 Å². The highest BCUT2D eigenvalue weighted by Gasteiger charge is 2.44. The monoisotopic (exact) mass is 429 g/mol. The molecule has 0 N–H and O–H groups in total. The van der Waals surface area contributed by atoms with Crippen LogP contribution >= 0.6 is 11.3 Å². The predicted molar refractivity (Wildman–Crippen MR) is 116 cm³/mol. The second-order valence-corrected chi connectivity index (χ2v) is 10.8. The first-order valence-corrected chi connectivity index (χ1v) is 12.2. The molecule has 3 heterocycles. The van der Waals surface area contributed by atoms with Crippen LogP contribution in [0.1, 0.15) is 5.56 Å². The Morgan fingerprint density at radius 3 is 2.45 bits per heavy atom. The van der Waals surface area contributed by atoms with E-state index in [9.17, 15) is 8.42 Å². The Balaban J connectivity index is 1.29. The van der Waals surface area contributed by atoms with Crippen molar-refractivity contribution in [1.29, 1.82) is 0 Å². The first-order valence-electron chi connectivity index (χ1n) is 9.74. The molecule has 2 aromatic carbocycles. The highest BCUT2D eigenvalue weighted by Crippen LogP contribution is 2.39. The number of anilines is 1. The van der Waals surface area contributed by atoms with E-state index in [1.165, 1.54) is 0 Å². The van der Waals surface area contributed by atoms with E-state index < -0.39 is 10.0 Å². The molecule has 0 spiro atoms. The van der Waals surface area contributed by atoms with E-state index in [2.05, 4.69) is 11.0 Å². The van der Waals surface area contributed by atoms with Crippen molar-refractivity contribution in [1.82, 2.24) is 9.29 Å². The molecule has 2 aliphatic rings. The van der Waals surface area contributed by atoms with Gasteiger partial charge in [0.15, 0.2) is 5.13 Å². The number of nitrogens with zero attached hydrogens (tertiary/aromatic N) is 3. The summed E-state index contributed by atoms with van der Waals surface area (Å²) in [6.07, 6.45) is 0. The first-order chi connectivity index (χ1) is 14.0. The van der Waals surface area contributed by atoms with Crippen molar-refractivity contribution in [2.45, 2.75) is 5.75 Å². The zero-order valence-electron chi connectivity index (χ0n) is 16.2. The molecule has 0 bridgehead atoms. The minimum absolute atomic E-state index is 0.0780. The Hall–Kier alpha value is -2.16. The van der Waals surface area contributed by atoms with Gasteiger partial charge in [-0.3, -0.25) is 0 Å². The van der Waals surface area contributed by atoms with Gasteiger partial charge in [0.2, 0.25) is 10.0 Å². The van der Waals surface area contributed by atoms with E-state index in [-0.39, 0.29) is 5.75 Å². The van der Waals surface area contributed by atoms with Crippen LogP contribution in [0.3, 0.4) is 0 Å². The van der Waals surface area contributed by atoms with Gasteiger partial charge in [-0.2, -0.15) is 0 Å². The maximum atomic E-state index is 12.9. The largest absolute Gasteiger partial charge is 0.494 e. The molecular formula is C21H23N3O3S2. The van der Waals surface area contributed by atoms with Crippen LogP contribution in [0.2, 0.25) is 0 Å². The van der Waals surface area contributed by atoms with Gasteiger partial charge in [-0.25, -0.2) is 17.7 Å². The van der Waals surface area contributed by atoms with Crippen molar-refractivity contribution in [3.63, 3.8) is 0 Å². The van der Waals surface area contributed by atoms with Crippen molar-refractivity contribution >= 4 is 36.7 Å². The Morgan fingerprint density at radius 1 is 1.03 bits per heavy atom. The summed E-state index contributed by atoms with van der Waals surface area (Å²) >= 11 is 1.67. The molecular weight excluding hydrogens is 406 g/mol. The molecule has 0 saturated carbocycles. The summed E-state index contributed by atoms with van der Waals surface area (Å²) in [5.41, 5.74) is 1.74. The minimum atomic E-state index is -3.28. The van der Waals surface area contributed by atoms with E-state index in [4.69, 9.17) is 9.72 Å². The highest BCUT2D eigenvalue weighted by molar-refractivity contribution is 7.88. The third-order valence-electron chi connectivity index (χ3n) is 5.90. The van der Waals surface area contributed by atoms with Crippen LogP contribution < -0.4 is 9.64 Å². The third kappa shape index (κ3) is 3.49. The highest BCUT2D eigenvalue weighted by atomic mass is 32.2. The van der Waals surface area contributed by atoms with Gasteiger partial charge in [-0.1, -0.05) is 47.7 Å².